The van der Waals surface area contributed by atoms with E-state index in [1.807, 2.05) is 6.07 Å². The minimum Gasteiger partial charge on any atom is -0.465 e. The molecule has 2 aromatic heterocycles. The van der Waals surface area contributed by atoms with Crippen molar-refractivity contribution in [2.75, 3.05) is 12.5 Å². The number of carbonyl (C=O) groups excluding carboxylic acids is 1. The second-order valence-electron chi connectivity index (χ2n) is 5.67. The van der Waals surface area contributed by atoms with Crippen molar-refractivity contribution >= 4 is 23.7 Å². The van der Waals surface area contributed by atoms with Gasteiger partial charge in [-0.2, -0.15) is 5.10 Å². The Labute approximate surface area is 159 Å². The Kier molecular flexibility index (Phi) is 5.45. The molecule has 3 aromatic rings. The van der Waals surface area contributed by atoms with Gasteiger partial charge in [0, 0.05) is 17.8 Å². The van der Waals surface area contributed by atoms with E-state index in [1.165, 1.54) is 31.7 Å². The van der Waals surface area contributed by atoms with Crippen molar-refractivity contribution in [2.45, 2.75) is 6.92 Å². The molecule has 0 aliphatic heterocycles. The average molecular weight is 380 g/mol. The zero-order valence-corrected chi connectivity index (χ0v) is 15.1. The van der Waals surface area contributed by atoms with Crippen LogP contribution in [0.1, 0.15) is 21.7 Å². The van der Waals surface area contributed by atoms with Crippen molar-refractivity contribution in [1.82, 2.24) is 4.98 Å². The summed E-state index contributed by atoms with van der Waals surface area (Å²) >= 11 is 0. The van der Waals surface area contributed by atoms with Crippen LogP contribution in [-0.4, -0.2) is 29.2 Å². The van der Waals surface area contributed by atoms with Crippen LogP contribution in [0.5, 0.6) is 0 Å². The second-order valence-corrected chi connectivity index (χ2v) is 5.67. The van der Waals surface area contributed by atoms with Crippen molar-refractivity contribution < 1.29 is 18.9 Å². The normalized spacial score (nSPS) is 10.8. The predicted octanol–water partition coefficient (Wildman–Crippen LogP) is 3.79. The largest absolute Gasteiger partial charge is 0.465 e. The number of furan rings is 1. The molecule has 28 heavy (non-hydrogen) atoms. The van der Waals surface area contributed by atoms with Crippen LogP contribution in [0.15, 0.2) is 58.2 Å². The summed E-state index contributed by atoms with van der Waals surface area (Å²) < 4.78 is 10.5. The fourth-order valence-electron chi connectivity index (χ4n) is 2.59. The van der Waals surface area contributed by atoms with Crippen LogP contribution in [0, 0.1) is 17.0 Å². The lowest BCUT2D eigenvalue weighted by atomic mass is 10.0. The van der Waals surface area contributed by atoms with E-state index in [0.29, 0.717) is 17.1 Å². The molecule has 142 valence electrons. The van der Waals surface area contributed by atoms with E-state index in [-0.39, 0.29) is 11.5 Å². The zero-order valence-electron chi connectivity index (χ0n) is 15.1. The number of hydrogen-bond donors (Lipinski definition) is 1. The third-order valence-corrected chi connectivity index (χ3v) is 3.98. The number of carbonyl (C=O) groups is 1. The first-order chi connectivity index (χ1) is 13.5. The number of nitro groups is 1. The van der Waals surface area contributed by atoms with Gasteiger partial charge in [-0.3, -0.25) is 15.5 Å². The van der Waals surface area contributed by atoms with E-state index in [4.69, 9.17) is 9.15 Å². The molecule has 0 saturated heterocycles. The molecule has 0 saturated carbocycles. The maximum Gasteiger partial charge on any atom is 0.338 e. The number of methoxy groups -OCH3 is 1. The Morgan fingerprint density at radius 2 is 2.11 bits per heavy atom. The van der Waals surface area contributed by atoms with Gasteiger partial charge in [0.1, 0.15) is 11.5 Å². The number of nitrogens with zero attached hydrogens (tertiary/aromatic N) is 3. The first-order valence-electron chi connectivity index (χ1n) is 8.18. The van der Waals surface area contributed by atoms with Crippen LogP contribution in [0.2, 0.25) is 0 Å². The van der Waals surface area contributed by atoms with Crippen molar-refractivity contribution in [1.29, 1.82) is 0 Å². The van der Waals surface area contributed by atoms with Crippen molar-refractivity contribution in [3.05, 3.63) is 75.7 Å². The van der Waals surface area contributed by atoms with Crippen LogP contribution < -0.4 is 5.43 Å². The second kappa shape index (κ2) is 8.12. The van der Waals surface area contributed by atoms with Gasteiger partial charge in [-0.25, -0.2) is 9.78 Å². The summed E-state index contributed by atoms with van der Waals surface area (Å²) in [6.45, 7) is 1.81. The van der Waals surface area contributed by atoms with Gasteiger partial charge in [0.05, 0.1) is 23.8 Å². The third-order valence-electron chi connectivity index (χ3n) is 3.98. The van der Waals surface area contributed by atoms with E-state index in [9.17, 15) is 14.9 Å². The zero-order chi connectivity index (χ0) is 20.1. The maximum atomic E-state index is 11.8. The Balaban J connectivity index is 1.80. The fourth-order valence-corrected chi connectivity index (χ4v) is 2.59. The highest BCUT2D eigenvalue weighted by Gasteiger charge is 2.15. The standard InChI is InChI=1S/C19H16N4O5/c1-12-14(5-3-6-15(12)19(24)27-2)17-9-8-13(28-17)11-21-22-18-16(23(25)26)7-4-10-20-18/h3-11H,1-2H3,(H,20,22). The molecule has 0 radical (unpaired) electrons. The van der Waals surface area contributed by atoms with Crippen molar-refractivity contribution in [2.24, 2.45) is 5.10 Å². The number of nitrogens with one attached hydrogen (secondary N) is 1. The molecular weight excluding hydrogens is 364 g/mol. The van der Waals surface area contributed by atoms with E-state index in [2.05, 4.69) is 15.5 Å². The van der Waals surface area contributed by atoms with Gasteiger partial charge < -0.3 is 9.15 Å². The number of hydrogen-bond acceptors (Lipinski definition) is 8. The monoisotopic (exact) mass is 380 g/mol. The van der Waals surface area contributed by atoms with Crippen LogP contribution >= 0.6 is 0 Å². The average Bonchev–Trinajstić information content (AvgIpc) is 3.16. The number of anilines is 1. The van der Waals surface area contributed by atoms with Crippen LogP contribution in [0.4, 0.5) is 11.5 Å². The van der Waals surface area contributed by atoms with Crippen LogP contribution in [0.25, 0.3) is 11.3 Å². The molecule has 2 heterocycles. The van der Waals surface area contributed by atoms with Crippen LogP contribution in [0.3, 0.4) is 0 Å². The molecule has 1 N–H and O–H groups in total. The van der Waals surface area contributed by atoms with E-state index in [0.717, 1.165) is 11.1 Å². The van der Waals surface area contributed by atoms with E-state index >= 15 is 0 Å². The van der Waals surface area contributed by atoms with Gasteiger partial charge in [-0.05, 0) is 36.8 Å². The van der Waals surface area contributed by atoms with E-state index in [1.54, 1.807) is 31.2 Å². The van der Waals surface area contributed by atoms with Gasteiger partial charge in [0.15, 0.2) is 0 Å². The SMILES string of the molecule is COC(=O)c1cccc(-c2ccc(C=NNc3ncccc3[N+](=O)[O-])o2)c1C. The minimum absolute atomic E-state index is 0.0251. The summed E-state index contributed by atoms with van der Waals surface area (Å²) in [5, 5.41) is 14.9. The molecule has 0 amide bonds. The summed E-state index contributed by atoms with van der Waals surface area (Å²) in [5.74, 6) is 0.573. The highest BCUT2D eigenvalue weighted by molar-refractivity contribution is 5.93. The quantitative estimate of drug-likeness (QED) is 0.299. The molecule has 0 atom stereocenters. The van der Waals surface area contributed by atoms with E-state index < -0.39 is 10.9 Å². The lowest BCUT2D eigenvalue weighted by Crippen LogP contribution is -2.04. The molecule has 0 aliphatic carbocycles. The highest BCUT2D eigenvalue weighted by atomic mass is 16.6. The van der Waals surface area contributed by atoms with Gasteiger partial charge in [0.25, 0.3) is 0 Å². The molecule has 9 nitrogen and oxygen atoms in total. The Morgan fingerprint density at radius 1 is 1.29 bits per heavy atom. The molecule has 0 spiro atoms. The maximum absolute atomic E-state index is 11.8. The molecule has 0 fully saturated rings. The number of ether oxygens (including phenoxy) is 1. The fraction of sp³-hybridized carbons (Fsp3) is 0.105. The van der Waals surface area contributed by atoms with Gasteiger partial charge >= 0.3 is 11.7 Å². The minimum atomic E-state index is -0.549. The third kappa shape index (κ3) is 3.88. The first-order valence-corrected chi connectivity index (χ1v) is 8.18. The summed E-state index contributed by atoms with van der Waals surface area (Å²) in [6, 6.07) is 11.5. The van der Waals surface area contributed by atoms with Gasteiger partial charge in [-0.1, -0.05) is 12.1 Å². The number of benzene rings is 1. The number of pyridine rings is 1. The first kappa shape index (κ1) is 18.8. The summed E-state index contributed by atoms with van der Waals surface area (Å²) in [6.07, 6.45) is 2.80. The number of hydrazone groups is 1. The van der Waals surface area contributed by atoms with Gasteiger partial charge in [0.2, 0.25) is 5.82 Å². The molecule has 3 rings (SSSR count). The van der Waals surface area contributed by atoms with Crippen molar-refractivity contribution in [3.63, 3.8) is 0 Å². The summed E-state index contributed by atoms with van der Waals surface area (Å²) in [4.78, 5) is 26.1. The van der Waals surface area contributed by atoms with Crippen LogP contribution in [-0.2, 0) is 4.74 Å². The molecule has 9 heteroatoms. The molecule has 1 aromatic carbocycles. The lowest BCUT2D eigenvalue weighted by molar-refractivity contribution is -0.384. The smallest absolute Gasteiger partial charge is 0.338 e. The topological polar surface area (TPSA) is 120 Å². The number of rotatable bonds is 6. The molecular formula is C19H16N4O5. The molecule has 0 unspecified atom stereocenters. The Hall–Kier alpha value is -4.01. The lowest BCUT2D eigenvalue weighted by Gasteiger charge is -2.07. The molecule has 0 bridgehead atoms. The number of aromatic nitrogens is 1. The summed E-state index contributed by atoms with van der Waals surface area (Å²) in [5.41, 5.74) is 4.28. The number of esters is 1. The van der Waals surface area contributed by atoms with Crippen molar-refractivity contribution in [3.8, 4) is 11.3 Å². The summed E-state index contributed by atoms with van der Waals surface area (Å²) in [7, 11) is 1.33. The Morgan fingerprint density at radius 3 is 2.86 bits per heavy atom. The Bertz CT molecular complexity index is 1060. The highest BCUT2D eigenvalue weighted by Crippen LogP contribution is 2.27. The van der Waals surface area contributed by atoms with Gasteiger partial charge in [-0.15, -0.1) is 0 Å². The molecule has 0 aliphatic rings. The predicted molar refractivity (Wildman–Crippen MR) is 102 cm³/mol.